The minimum atomic E-state index is 0.141. The molecule has 21 heavy (non-hydrogen) atoms. The van der Waals surface area contributed by atoms with Crippen LogP contribution >= 0.6 is 12.2 Å². The average molecular weight is 296 g/mol. The van der Waals surface area contributed by atoms with E-state index in [9.17, 15) is 10.5 Å². The molecule has 0 radical (unpaired) electrons. The fourth-order valence-corrected chi connectivity index (χ4v) is 2.32. The molecular formula is C15H12N4OS. The number of hydrogen-bond donors (Lipinski definition) is 2. The normalized spacial score (nSPS) is 9.67. The first kappa shape index (κ1) is 14.6. The van der Waals surface area contributed by atoms with Crippen LogP contribution in [-0.4, -0.2) is 11.6 Å². The quantitative estimate of drug-likeness (QED) is 0.848. The zero-order chi connectivity index (χ0) is 15.4. The molecule has 6 heteroatoms. The summed E-state index contributed by atoms with van der Waals surface area (Å²) in [5, 5.41) is 18.7. The molecule has 2 aromatic rings. The summed E-state index contributed by atoms with van der Waals surface area (Å²) < 4.78 is 5.77. The number of anilines is 1. The Kier molecular flexibility index (Phi) is 4.22. The average Bonchev–Trinajstić information content (AvgIpc) is 2.47. The summed E-state index contributed by atoms with van der Waals surface area (Å²) >= 11 is 5.13. The third-order valence-electron chi connectivity index (χ3n) is 2.92. The molecule has 2 rings (SSSR count). The highest BCUT2D eigenvalue weighted by molar-refractivity contribution is 7.71. The van der Waals surface area contributed by atoms with Crippen LogP contribution in [-0.2, 0) is 0 Å². The van der Waals surface area contributed by atoms with Crippen LogP contribution in [0.4, 0.5) is 5.82 Å². The lowest BCUT2D eigenvalue weighted by atomic mass is 9.96. The van der Waals surface area contributed by atoms with Crippen molar-refractivity contribution in [3.8, 4) is 29.0 Å². The van der Waals surface area contributed by atoms with Crippen LogP contribution in [0.1, 0.15) is 18.1 Å². The van der Waals surface area contributed by atoms with Crippen molar-refractivity contribution >= 4 is 18.0 Å². The lowest BCUT2D eigenvalue weighted by molar-refractivity contribution is 0.341. The SMILES string of the molecule is CCOc1ccccc1-c1c(C#N)c(N)[nH]c(=S)c1C#N. The molecule has 0 saturated heterocycles. The zero-order valence-corrected chi connectivity index (χ0v) is 12.1. The van der Waals surface area contributed by atoms with E-state index in [1.54, 1.807) is 18.2 Å². The van der Waals surface area contributed by atoms with Crippen LogP contribution in [0.2, 0.25) is 0 Å². The van der Waals surface area contributed by atoms with Gasteiger partial charge in [-0.1, -0.05) is 30.4 Å². The summed E-state index contributed by atoms with van der Waals surface area (Å²) in [6, 6.07) is 11.2. The number of nitrogens with one attached hydrogen (secondary N) is 1. The Hall–Kier alpha value is -2.83. The van der Waals surface area contributed by atoms with E-state index >= 15 is 0 Å². The second-order valence-corrected chi connectivity index (χ2v) is 4.55. The monoisotopic (exact) mass is 296 g/mol. The summed E-state index contributed by atoms with van der Waals surface area (Å²) in [6.45, 7) is 2.33. The van der Waals surface area contributed by atoms with Crippen molar-refractivity contribution in [2.75, 3.05) is 12.3 Å². The van der Waals surface area contributed by atoms with Gasteiger partial charge in [0, 0.05) is 11.1 Å². The van der Waals surface area contributed by atoms with Gasteiger partial charge in [-0.2, -0.15) is 10.5 Å². The maximum atomic E-state index is 9.36. The highest BCUT2D eigenvalue weighted by Crippen LogP contribution is 2.36. The predicted molar refractivity (Wildman–Crippen MR) is 82.1 cm³/mol. The van der Waals surface area contributed by atoms with Crippen LogP contribution in [0.3, 0.4) is 0 Å². The van der Waals surface area contributed by atoms with E-state index in [0.29, 0.717) is 23.5 Å². The Bertz CT molecular complexity index is 827. The Balaban J connectivity index is 2.90. The van der Waals surface area contributed by atoms with E-state index in [2.05, 4.69) is 4.98 Å². The molecule has 1 heterocycles. The van der Waals surface area contributed by atoms with E-state index in [-0.39, 0.29) is 21.6 Å². The van der Waals surface area contributed by atoms with Gasteiger partial charge >= 0.3 is 0 Å². The van der Waals surface area contributed by atoms with Crippen LogP contribution in [0.25, 0.3) is 11.1 Å². The molecule has 5 nitrogen and oxygen atoms in total. The topological polar surface area (TPSA) is 98.6 Å². The number of benzene rings is 1. The number of rotatable bonds is 3. The number of hydrogen-bond acceptors (Lipinski definition) is 5. The molecule has 104 valence electrons. The van der Waals surface area contributed by atoms with Crippen LogP contribution in [0, 0.1) is 27.3 Å². The molecule has 0 spiro atoms. The van der Waals surface area contributed by atoms with E-state index in [1.807, 2.05) is 25.1 Å². The maximum absolute atomic E-state index is 9.36. The van der Waals surface area contributed by atoms with Gasteiger partial charge in [0.2, 0.25) is 0 Å². The summed E-state index contributed by atoms with van der Waals surface area (Å²) in [6.07, 6.45) is 0. The highest BCUT2D eigenvalue weighted by Gasteiger charge is 2.19. The number of ether oxygens (including phenoxy) is 1. The zero-order valence-electron chi connectivity index (χ0n) is 11.3. The van der Waals surface area contributed by atoms with Crippen molar-refractivity contribution in [1.29, 1.82) is 10.5 Å². The maximum Gasteiger partial charge on any atom is 0.127 e. The lowest BCUT2D eigenvalue weighted by Gasteiger charge is -2.13. The summed E-state index contributed by atoms with van der Waals surface area (Å²) in [5.41, 5.74) is 7.25. The Morgan fingerprint density at radius 1 is 1.24 bits per heavy atom. The van der Waals surface area contributed by atoms with Crippen molar-refractivity contribution < 1.29 is 4.74 Å². The second kappa shape index (κ2) is 6.08. The molecule has 1 aromatic heterocycles. The lowest BCUT2D eigenvalue weighted by Crippen LogP contribution is -2.03. The molecule has 0 aliphatic carbocycles. The van der Waals surface area contributed by atoms with Gasteiger partial charge in [0.1, 0.15) is 33.9 Å². The minimum Gasteiger partial charge on any atom is -0.493 e. The molecule has 0 unspecified atom stereocenters. The summed E-state index contributed by atoms with van der Waals surface area (Å²) in [7, 11) is 0. The molecule has 1 aromatic carbocycles. The molecule has 0 aliphatic heterocycles. The van der Waals surface area contributed by atoms with E-state index in [1.165, 1.54) is 0 Å². The number of para-hydroxylation sites is 1. The molecule has 0 amide bonds. The number of nitriles is 2. The van der Waals surface area contributed by atoms with Gasteiger partial charge in [-0.05, 0) is 13.0 Å². The number of nitrogens with two attached hydrogens (primary N) is 1. The largest absolute Gasteiger partial charge is 0.493 e. The number of pyridine rings is 1. The number of aromatic nitrogens is 1. The van der Waals surface area contributed by atoms with Crippen molar-refractivity contribution in [2.45, 2.75) is 6.92 Å². The molecule has 0 fully saturated rings. The second-order valence-electron chi connectivity index (χ2n) is 4.15. The number of aromatic amines is 1. The Labute approximate surface area is 127 Å². The van der Waals surface area contributed by atoms with Crippen molar-refractivity contribution in [3.05, 3.63) is 40.0 Å². The van der Waals surface area contributed by atoms with Crippen molar-refractivity contribution in [2.24, 2.45) is 0 Å². The first-order chi connectivity index (χ1) is 10.1. The summed E-state index contributed by atoms with van der Waals surface area (Å²) in [5.74, 6) is 0.718. The number of nitrogens with zero attached hydrogens (tertiary/aromatic N) is 2. The minimum absolute atomic E-state index is 0.141. The van der Waals surface area contributed by atoms with Gasteiger partial charge in [-0.3, -0.25) is 0 Å². The standard InChI is InChI=1S/C15H12N4OS/c1-2-20-12-6-4-3-5-9(12)13-10(7-16)14(18)19-15(21)11(13)8-17/h3-6H,2H2,1H3,(H3,18,19,21). The van der Waals surface area contributed by atoms with Gasteiger partial charge in [-0.25, -0.2) is 0 Å². The van der Waals surface area contributed by atoms with Gasteiger partial charge < -0.3 is 15.5 Å². The predicted octanol–water partition coefficient (Wildman–Crippen LogP) is 3.14. The van der Waals surface area contributed by atoms with Gasteiger partial charge in [0.25, 0.3) is 0 Å². The number of nitrogen functional groups attached to an aromatic ring is 1. The first-order valence-electron chi connectivity index (χ1n) is 6.22. The van der Waals surface area contributed by atoms with E-state index in [0.717, 1.165) is 0 Å². The molecule has 0 saturated carbocycles. The van der Waals surface area contributed by atoms with Gasteiger partial charge in [0.05, 0.1) is 12.2 Å². The van der Waals surface area contributed by atoms with Crippen LogP contribution in [0.15, 0.2) is 24.3 Å². The Morgan fingerprint density at radius 2 is 1.90 bits per heavy atom. The van der Waals surface area contributed by atoms with Crippen molar-refractivity contribution in [3.63, 3.8) is 0 Å². The van der Waals surface area contributed by atoms with Crippen molar-refractivity contribution in [1.82, 2.24) is 4.98 Å². The first-order valence-corrected chi connectivity index (χ1v) is 6.63. The fraction of sp³-hybridized carbons (Fsp3) is 0.133. The molecule has 0 bridgehead atoms. The molecular weight excluding hydrogens is 284 g/mol. The van der Waals surface area contributed by atoms with E-state index < -0.39 is 0 Å². The van der Waals surface area contributed by atoms with E-state index in [4.69, 9.17) is 22.7 Å². The van der Waals surface area contributed by atoms with Crippen LogP contribution in [0.5, 0.6) is 5.75 Å². The smallest absolute Gasteiger partial charge is 0.127 e. The molecule has 0 aliphatic rings. The fourth-order valence-electron chi connectivity index (χ4n) is 2.07. The number of H-pyrrole nitrogens is 1. The summed E-state index contributed by atoms with van der Waals surface area (Å²) in [4.78, 5) is 2.68. The third kappa shape index (κ3) is 2.58. The van der Waals surface area contributed by atoms with Gasteiger partial charge in [-0.15, -0.1) is 0 Å². The Morgan fingerprint density at radius 3 is 2.52 bits per heavy atom. The van der Waals surface area contributed by atoms with Gasteiger partial charge in [0.15, 0.2) is 0 Å². The highest BCUT2D eigenvalue weighted by atomic mass is 32.1. The third-order valence-corrected chi connectivity index (χ3v) is 3.23. The van der Waals surface area contributed by atoms with Crippen LogP contribution < -0.4 is 10.5 Å². The molecule has 0 atom stereocenters. The molecule has 3 N–H and O–H groups in total.